The van der Waals surface area contributed by atoms with Crippen LogP contribution in [0.4, 0.5) is 5.69 Å². The SMILES string of the molecule is Cl.Cl.O=C(NC1CCN(Cc2ccccc2)C1)c1cccc2c1CCCN2. The van der Waals surface area contributed by atoms with Crippen molar-refractivity contribution >= 4 is 36.4 Å². The Morgan fingerprint density at radius 3 is 2.74 bits per heavy atom. The summed E-state index contributed by atoms with van der Waals surface area (Å²) in [6.45, 7) is 3.91. The molecular formula is C21H27Cl2N3O. The summed E-state index contributed by atoms with van der Waals surface area (Å²) >= 11 is 0. The topological polar surface area (TPSA) is 44.4 Å². The molecular weight excluding hydrogens is 381 g/mol. The van der Waals surface area contributed by atoms with Gasteiger partial charge < -0.3 is 10.6 Å². The summed E-state index contributed by atoms with van der Waals surface area (Å²) in [5.41, 5.74) is 4.46. The van der Waals surface area contributed by atoms with Crippen LogP contribution in [-0.4, -0.2) is 36.5 Å². The zero-order chi connectivity index (χ0) is 17.1. The number of rotatable bonds is 4. The predicted molar refractivity (Wildman–Crippen MR) is 115 cm³/mol. The number of anilines is 1. The molecule has 4 rings (SSSR count). The first-order valence-corrected chi connectivity index (χ1v) is 9.22. The lowest BCUT2D eigenvalue weighted by Gasteiger charge is -2.22. The Hall–Kier alpha value is -1.75. The van der Waals surface area contributed by atoms with E-state index in [1.807, 2.05) is 18.2 Å². The maximum atomic E-state index is 12.8. The molecule has 2 heterocycles. The van der Waals surface area contributed by atoms with Crippen LogP contribution in [0.25, 0.3) is 0 Å². The van der Waals surface area contributed by atoms with Crippen molar-refractivity contribution in [2.75, 3.05) is 25.0 Å². The van der Waals surface area contributed by atoms with Crippen molar-refractivity contribution in [3.05, 3.63) is 65.2 Å². The highest BCUT2D eigenvalue weighted by molar-refractivity contribution is 5.97. The van der Waals surface area contributed by atoms with Crippen LogP contribution in [0.15, 0.2) is 48.5 Å². The number of hydrogen-bond donors (Lipinski definition) is 2. The first kappa shape index (κ1) is 21.5. The van der Waals surface area contributed by atoms with E-state index in [2.05, 4.69) is 45.9 Å². The van der Waals surface area contributed by atoms with Crippen LogP contribution in [0, 0.1) is 0 Å². The second-order valence-corrected chi connectivity index (χ2v) is 7.04. The van der Waals surface area contributed by atoms with Gasteiger partial charge in [0.1, 0.15) is 0 Å². The average molecular weight is 408 g/mol. The minimum atomic E-state index is 0. The molecule has 27 heavy (non-hydrogen) atoms. The molecule has 0 radical (unpaired) electrons. The number of nitrogens with zero attached hydrogens (tertiary/aromatic N) is 1. The Bertz CT molecular complexity index is 754. The van der Waals surface area contributed by atoms with Crippen LogP contribution in [0.2, 0.25) is 0 Å². The first-order valence-electron chi connectivity index (χ1n) is 9.22. The minimum absolute atomic E-state index is 0. The van der Waals surface area contributed by atoms with Gasteiger partial charge in [0.15, 0.2) is 0 Å². The van der Waals surface area contributed by atoms with E-state index in [9.17, 15) is 4.79 Å². The number of likely N-dealkylation sites (tertiary alicyclic amines) is 1. The van der Waals surface area contributed by atoms with Gasteiger partial charge >= 0.3 is 0 Å². The fourth-order valence-electron chi connectivity index (χ4n) is 3.92. The fourth-order valence-corrected chi connectivity index (χ4v) is 3.92. The van der Waals surface area contributed by atoms with E-state index < -0.39 is 0 Å². The summed E-state index contributed by atoms with van der Waals surface area (Å²) in [5.74, 6) is 0.0760. The molecule has 0 spiro atoms. The Labute approximate surface area is 173 Å². The lowest BCUT2D eigenvalue weighted by molar-refractivity contribution is 0.0936. The third-order valence-corrected chi connectivity index (χ3v) is 5.20. The molecule has 0 saturated carbocycles. The number of hydrogen-bond acceptors (Lipinski definition) is 3. The molecule has 146 valence electrons. The van der Waals surface area contributed by atoms with Crippen LogP contribution < -0.4 is 10.6 Å². The number of nitrogens with one attached hydrogen (secondary N) is 2. The standard InChI is InChI=1S/C21H25N3O.2ClH/c25-21(19-8-4-10-20-18(19)9-5-12-22-20)23-17-11-13-24(15-17)14-16-6-2-1-3-7-16;;/h1-4,6-8,10,17,22H,5,9,11-15H2,(H,23,25);2*1H. The van der Waals surface area contributed by atoms with Crippen molar-refractivity contribution in [1.82, 2.24) is 10.2 Å². The average Bonchev–Trinajstić information content (AvgIpc) is 3.09. The number of benzene rings is 2. The molecule has 0 bridgehead atoms. The zero-order valence-electron chi connectivity index (χ0n) is 15.3. The van der Waals surface area contributed by atoms with Crippen molar-refractivity contribution in [1.29, 1.82) is 0 Å². The molecule has 2 aliphatic heterocycles. The molecule has 0 aromatic heterocycles. The van der Waals surface area contributed by atoms with Crippen molar-refractivity contribution in [3.63, 3.8) is 0 Å². The third-order valence-electron chi connectivity index (χ3n) is 5.20. The maximum Gasteiger partial charge on any atom is 0.251 e. The highest BCUT2D eigenvalue weighted by atomic mass is 35.5. The number of carbonyl (C=O) groups excluding carboxylic acids is 1. The molecule has 1 fully saturated rings. The number of halogens is 2. The van der Waals surface area contributed by atoms with E-state index in [1.165, 1.54) is 11.1 Å². The van der Waals surface area contributed by atoms with Crippen LogP contribution in [0.5, 0.6) is 0 Å². The van der Waals surface area contributed by atoms with Crippen molar-refractivity contribution in [2.45, 2.75) is 31.8 Å². The fraction of sp³-hybridized carbons (Fsp3) is 0.381. The molecule has 1 saturated heterocycles. The van der Waals surface area contributed by atoms with Gasteiger partial charge in [-0.05, 0) is 42.5 Å². The van der Waals surface area contributed by atoms with Gasteiger partial charge in [-0.25, -0.2) is 0 Å². The quantitative estimate of drug-likeness (QED) is 0.807. The third kappa shape index (κ3) is 5.16. The van der Waals surface area contributed by atoms with Gasteiger partial charge in [0.05, 0.1) is 0 Å². The molecule has 1 unspecified atom stereocenters. The lowest BCUT2D eigenvalue weighted by atomic mass is 9.97. The number of carbonyl (C=O) groups is 1. The molecule has 1 atom stereocenters. The van der Waals surface area contributed by atoms with Gasteiger partial charge in [-0.1, -0.05) is 36.4 Å². The van der Waals surface area contributed by atoms with Crippen LogP contribution >= 0.6 is 24.8 Å². The molecule has 4 nitrogen and oxygen atoms in total. The predicted octanol–water partition coefficient (Wildman–Crippen LogP) is 3.89. The van der Waals surface area contributed by atoms with Gasteiger partial charge in [0.25, 0.3) is 5.91 Å². The second-order valence-electron chi connectivity index (χ2n) is 7.04. The molecule has 2 aromatic carbocycles. The summed E-state index contributed by atoms with van der Waals surface area (Å²) in [6, 6.07) is 16.8. The van der Waals surface area contributed by atoms with E-state index in [0.717, 1.165) is 56.7 Å². The van der Waals surface area contributed by atoms with Gasteiger partial charge in [-0.2, -0.15) is 0 Å². The second kappa shape index (κ2) is 9.98. The van der Waals surface area contributed by atoms with Crippen molar-refractivity contribution in [2.24, 2.45) is 0 Å². The summed E-state index contributed by atoms with van der Waals surface area (Å²) < 4.78 is 0. The van der Waals surface area contributed by atoms with Gasteiger partial charge in [0, 0.05) is 43.5 Å². The Morgan fingerprint density at radius 1 is 1.11 bits per heavy atom. The zero-order valence-corrected chi connectivity index (χ0v) is 17.0. The van der Waals surface area contributed by atoms with Gasteiger partial charge in [-0.3, -0.25) is 9.69 Å². The Kier molecular flexibility index (Phi) is 7.96. The number of fused-ring (bicyclic) bond motifs is 1. The lowest BCUT2D eigenvalue weighted by Crippen LogP contribution is -2.37. The smallest absolute Gasteiger partial charge is 0.251 e. The van der Waals surface area contributed by atoms with E-state index >= 15 is 0 Å². The number of amides is 1. The summed E-state index contributed by atoms with van der Waals surface area (Å²) in [4.78, 5) is 15.2. The molecule has 2 N–H and O–H groups in total. The summed E-state index contributed by atoms with van der Waals surface area (Å²) in [6.07, 6.45) is 3.09. The highest BCUT2D eigenvalue weighted by Gasteiger charge is 2.25. The van der Waals surface area contributed by atoms with Gasteiger partial charge in [-0.15, -0.1) is 24.8 Å². The monoisotopic (exact) mass is 407 g/mol. The Balaban J connectivity index is 0.00000131. The van der Waals surface area contributed by atoms with Crippen molar-refractivity contribution in [3.8, 4) is 0 Å². The van der Waals surface area contributed by atoms with E-state index in [1.54, 1.807) is 0 Å². The summed E-state index contributed by atoms with van der Waals surface area (Å²) in [7, 11) is 0. The largest absolute Gasteiger partial charge is 0.385 e. The molecule has 0 aliphatic carbocycles. The van der Waals surface area contributed by atoms with Crippen LogP contribution in [-0.2, 0) is 13.0 Å². The molecule has 2 aliphatic rings. The van der Waals surface area contributed by atoms with E-state index in [0.29, 0.717) is 0 Å². The normalized spacial score (nSPS) is 18.4. The molecule has 6 heteroatoms. The van der Waals surface area contributed by atoms with E-state index in [-0.39, 0.29) is 36.8 Å². The van der Waals surface area contributed by atoms with E-state index in [4.69, 9.17) is 0 Å². The van der Waals surface area contributed by atoms with Gasteiger partial charge in [0.2, 0.25) is 0 Å². The van der Waals surface area contributed by atoms with Crippen molar-refractivity contribution < 1.29 is 4.79 Å². The molecule has 1 amide bonds. The van der Waals surface area contributed by atoms with Crippen LogP contribution in [0.1, 0.15) is 34.3 Å². The molecule has 2 aromatic rings. The maximum absolute atomic E-state index is 12.8. The minimum Gasteiger partial charge on any atom is -0.385 e. The summed E-state index contributed by atoms with van der Waals surface area (Å²) in [5, 5.41) is 6.65. The first-order chi connectivity index (χ1) is 12.3. The highest BCUT2D eigenvalue weighted by Crippen LogP contribution is 2.25. The Morgan fingerprint density at radius 2 is 1.93 bits per heavy atom. The van der Waals surface area contributed by atoms with Crippen LogP contribution in [0.3, 0.4) is 0 Å².